The first kappa shape index (κ1) is 19.6. The number of rotatable bonds is 6. The van der Waals surface area contributed by atoms with Crippen molar-refractivity contribution in [1.29, 1.82) is 0 Å². The van der Waals surface area contributed by atoms with Crippen LogP contribution in [-0.4, -0.2) is 42.3 Å². The van der Waals surface area contributed by atoms with Gasteiger partial charge in [0.2, 0.25) is 10.0 Å². The van der Waals surface area contributed by atoms with Crippen LogP contribution in [0.25, 0.3) is 0 Å². The Morgan fingerprint density at radius 2 is 1.96 bits per heavy atom. The Bertz CT molecular complexity index is 773. The van der Waals surface area contributed by atoms with E-state index in [1.165, 1.54) is 6.33 Å². The molecule has 1 aliphatic rings. The quantitative estimate of drug-likeness (QED) is 0.762. The topological polar surface area (TPSA) is 98.1 Å². The number of piperidine rings is 1. The predicted octanol–water partition coefficient (Wildman–Crippen LogP) is 0.846. The van der Waals surface area contributed by atoms with E-state index in [9.17, 15) is 8.42 Å². The second-order valence-corrected chi connectivity index (χ2v) is 7.42. The maximum Gasteiger partial charge on any atom is 0.240 e. The van der Waals surface area contributed by atoms with Crippen molar-refractivity contribution < 1.29 is 13.2 Å². The third-order valence-electron chi connectivity index (χ3n) is 3.97. The number of hydrogen-bond acceptors (Lipinski definition) is 6. The maximum absolute atomic E-state index is 12.4. The van der Waals surface area contributed by atoms with E-state index < -0.39 is 10.0 Å². The van der Waals surface area contributed by atoms with Crippen LogP contribution in [0.5, 0.6) is 5.75 Å². The molecule has 0 spiro atoms. The van der Waals surface area contributed by atoms with E-state index in [4.69, 9.17) is 4.74 Å². The molecule has 1 aromatic carbocycles. The van der Waals surface area contributed by atoms with E-state index in [0.717, 1.165) is 25.9 Å². The van der Waals surface area contributed by atoms with Crippen LogP contribution in [-0.2, 0) is 23.7 Å². The minimum atomic E-state index is -3.50. The Morgan fingerprint density at radius 3 is 2.56 bits per heavy atom. The summed E-state index contributed by atoms with van der Waals surface area (Å²) in [5.74, 6) is 1.28. The molecule has 0 bridgehead atoms. The van der Waals surface area contributed by atoms with Crippen LogP contribution in [0, 0.1) is 0 Å². The van der Waals surface area contributed by atoms with Crippen LogP contribution in [0.3, 0.4) is 0 Å². The monoisotopic (exact) mass is 387 g/mol. The fraction of sp³-hybridized carbons (Fsp3) is 0.467. The molecule has 2 heterocycles. The van der Waals surface area contributed by atoms with E-state index in [0.29, 0.717) is 11.6 Å². The van der Waals surface area contributed by atoms with Gasteiger partial charge in [0.15, 0.2) is 5.82 Å². The lowest BCUT2D eigenvalue weighted by atomic mass is 10.1. The molecule has 0 atom stereocenters. The third kappa shape index (κ3) is 5.15. The van der Waals surface area contributed by atoms with Crippen LogP contribution in [0.4, 0.5) is 0 Å². The van der Waals surface area contributed by atoms with Gasteiger partial charge in [-0.3, -0.25) is 4.68 Å². The molecule has 2 aromatic rings. The summed E-state index contributed by atoms with van der Waals surface area (Å²) in [7, 11) is -1.72. The van der Waals surface area contributed by atoms with Gasteiger partial charge in [0.05, 0.1) is 4.90 Å². The van der Waals surface area contributed by atoms with Gasteiger partial charge in [0.1, 0.15) is 18.7 Å². The van der Waals surface area contributed by atoms with Gasteiger partial charge < -0.3 is 10.1 Å². The fourth-order valence-corrected chi connectivity index (χ4v) is 3.85. The number of nitrogens with one attached hydrogen (secondary N) is 2. The molecule has 1 saturated heterocycles. The number of aryl methyl sites for hydroxylation is 1. The summed E-state index contributed by atoms with van der Waals surface area (Å²) in [5, 5.41) is 7.18. The van der Waals surface area contributed by atoms with Gasteiger partial charge in [0, 0.05) is 13.1 Å². The summed E-state index contributed by atoms with van der Waals surface area (Å²) in [6, 6.07) is 6.38. The Morgan fingerprint density at radius 1 is 1.28 bits per heavy atom. The van der Waals surface area contributed by atoms with Crippen LogP contribution < -0.4 is 14.8 Å². The van der Waals surface area contributed by atoms with Crippen molar-refractivity contribution in [2.45, 2.75) is 30.4 Å². The zero-order valence-corrected chi connectivity index (χ0v) is 15.5. The van der Waals surface area contributed by atoms with Gasteiger partial charge in [-0.2, -0.15) is 5.10 Å². The van der Waals surface area contributed by atoms with Crippen molar-refractivity contribution >= 4 is 22.4 Å². The van der Waals surface area contributed by atoms with Crippen molar-refractivity contribution in [2.24, 2.45) is 7.05 Å². The number of aromatic nitrogens is 3. The Hall–Kier alpha value is -1.68. The minimum absolute atomic E-state index is 0. The highest BCUT2D eigenvalue weighted by molar-refractivity contribution is 7.89. The highest BCUT2D eigenvalue weighted by Gasteiger charge is 2.21. The van der Waals surface area contributed by atoms with E-state index in [-0.39, 0.29) is 30.0 Å². The highest BCUT2D eigenvalue weighted by atomic mass is 35.5. The van der Waals surface area contributed by atoms with Gasteiger partial charge in [-0.05, 0) is 50.2 Å². The molecule has 138 valence electrons. The smallest absolute Gasteiger partial charge is 0.240 e. The lowest BCUT2D eigenvalue weighted by Crippen LogP contribution is -2.42. The summed E-state index contributed by atoms with van der Waals surface area (Å²) < 4.78 is 34.8. The summed E-state index contributed by atoms with van der Waals surface area (Å²) in [6.07, 6.45) is 3.07. The lowest BCUT2D eigenvalue weighted by molar-refractivity contribution is 0.289. The van der Waals surface area contributed by atoms with Gasteiger partial charge in [-0.15, -0.1) is 12.4 Å². The molecule has 0 amide bonds. The van der Waals surface area contributed by atoms with E-state index in [1.54, 1.807) is 36.0 Å². The molecule has 0 radical (unpaired) electrons. The largest absolute Gasteiger partial charge is 0.486 e. The Labute approximate surface area is 153 Å². The van der Waals surface area contributed by atoms with Gasteiger partial charge in [-0.1, -0.05) is 0 Å². The van der Waals surface area contributed by atoms with E-state index in [1.807, 2.05) is 0 Å². The molecule has 1 aromatic heterocycles. The van der Waals surface area contributed by atoms with Gasteiger partial charge in [-0.25, -0.2) is 18.1 Å². The zero-order chi connectivity index (χ0) is 17.0. The average molecular weight is 388 g/mol. The third-order valence-corrected chi connectivity index (χ3v) is 5.50. The number of benzene rings is 1. The predicted molar refractivity (Wildman–Crippen MR) is 95.2 cm³/mol. The summed E-state index contributed by atoms with van der Waals surface area (Å²) in [6.45, 7) is 1.94. The molecule has 0 aliphatic carbocycles. The number of hydrogen-bond donors (Lipinski definition) is 2. The molecule has 25 heavy (non-hydrogen) atoms. The molecule has 3 rings (SSSR count). The van der Waals surface area contributed by atoms with E-state index >= 15 is 0 Å². The number of halogens is 1. The summed E-state index contributed by atoms with van der Waals surface area (Å²) in [5.41, 5.74) is 0. The first-order valence-corrected chi connectivity index (χ1v) is 9.32. The number of ether oxygens (including phenoxy) is 1. The first-order chi connectivity index (χ1) is 11.5. The molecule has 10 heteroatoms. The second kappa shape index (κ2) is 8.61. The Kier molecular flexibility index (Phi) is 6.77. The van der Waals surface area contributed by atoms with Crippen LogP contribution in [0.2, 0.25) is 0 Å². The molecular formula is C15H22ClN5O3S. The average Bonchev–Trinajstić information content (AvgIpc) is 2.99. The fourth-order valence-electron chi connectivity index (χ4n) is 2.54. The molecule has 8 nitrogen and oxygen atoms in total. The minimum Gasteiger partial charge on any atom is -0.486 e. The van der Waals surface area contributed by atoms with Gasteiger partial charge >= 0.3 is 0 Å². The lowest BCUT2D eigenvalue weighted by Gasteiger charge is -2.23. The van der Waals surface area contributed by atoms with Gasteiger partial charge in [0.25, 0.3) is 0 Å². The zero-order valence-electron chi connectivity index (χ0n) is 13.9. The van der Waals surface area contributed by atoms with Crippen LogP contribution in [0.1, 0.15) is 18.7 Å². The number of nitrogens with zero attached hydrogens (tertiary/aromatic N) is 3. The van der Waals surface area contributed by atoms with Crippen LogP contribution >= 0.6 is 12.4 Å². The summed E-state index contributed by atoms with van der Waals surface area (Å²) in [4.78, 5) is 4.31. The summed E-state index contributed by atoms with van der Waals surface area (Å²) >= 11 is 0. The van der Waals surface area contributed by atoms with E-state index in [2.05, 4.69) is 20.1 Å². The molecule has 0 saturated carbocycles. The molecular weight excluding hydrogens is 366 g/mol. The van der Waals surface area contributed by atoms with Crippen molar-refractivity contribution in [2.75, 3.05) is 13.1 Å². The van der Waals surface area contributed by atoms with Crippen molar-refractivity contribution in [3.05, 3.63) is 36.4 Å². The standard InChI is InChI=1S/C15H21N5O3S.ClH/c1-20-15(17-11-18-20)10-23-13-2-4-14(5-3-13)24(21,22)19-12-6-8-16-9-7-12;/h2-5,11-12,16,19H,6-10H2,1H3;1H. The SMILES string of the molecule is Cl.Cn1ncnc1COc1ccc(S(=O)(=O)NC2CCNCC2)cc1. The molecule has 1 aliphatic heterocycles. The highest BCUT2D eigenvalue weighted by Crippen LogP contribution is 2.18. The first-order valence-electron chi connectivity index (χ1n) is 7.83. The second-order valence-electron chi connectivity index (χ2n) is 5.71. The van der Waals surface area contributed by atoms with Crippen molar-refractivity contribution in [3.8, 4) is 5.75 Å². The number of sulfonamides is 1. The van der Waals surface area contributed by atoms with Crippen LogP contribution in [0.15, 0.2) is 35.5 Å². The normalized spacial score (nSPS) is 15.6. The Balaban J connectivity index is 0.00000225. The molecule has 0 unspecified atom stereocenters. The van der Waals surface area contributed by atoms with Crippen molar-refractivity contribution in [1.82, 2.24) is 24.8 Å². The van der Waals surface area contributed by atoms with Crippen molar-refractivity contribution in [3.63, 3.8) is 0 Å². The molecule has 1 fully saturated rings. The maximum atomic E-state index is 12.4. The molecule has 2 N–H and O–H groups in total.